The van der Waals surface area contributed by atoms with E-state index in [1.807, 2.05) is 12.1 Å². The highest BCUT2D eigenvalue weighted by molar-refractivity contribution is 5.97. The van der Waals surface area contributed by atoms with Gasteiger partial charge in [0.05, 0.1) is 11.7 Å². The fourth-order valence-electron chi connectivity index (χ4n) is 6.63. The lowest BCUT2D eigenvalue weighted by Gasteiger charge is -2.56. The van der Waals surface area contributed by atoms with Crippen molar-refractivity contribution in [3.05, 3.63) is 29.8 Å². The Morgan fingerprint density at radius 2 is 1.77 bits per heavy atom. The topological polar surface area (TPSA) is 76.7 Å². The van der Waals surface area contributed by atoms with E-state index >= 15 is 0 Å². The van der Waals surface area contributed by atoms with Crippen molar-refractivity contribution in [3.63, 3.8) is 0 Å². The third kappa shape index (κ3) is 4.20. The number of carbonyl (C=O) groups excluding carboxylic acids is 2. The number of para-hydroxylation sites is 1. The van der Waals surface area contributed by atoms with Crippen LogP contribution >= 0.6 is 0 Å². The first-order valence-corrected chi connectivity index (χ1v) is 11.5. The van der Waals surface area contributed by atoms with E-state index in [2.05, 4.69) is 10.6 Å². The van der Waals surface area contributed by atoms with Crippen molar-refractivity contribution in [2.75, 3.05) is 19.8 Å². The van der Waals surface area contributed by atoms with E-state index in [1.165, 1.54) is 19.3 Å². The third-order valence-electron chi connectivity index (χ3n) is 7.45. The molecule has 162 valence electrons. The van der Waals surface area contributed by atoms with Crippen LogP contribution in [0.4, 0.5) is 0 Å². The van der Waals surface area contributed by atoms with Gasteiger partial charge in [-0.15, -0.1) is 0 Å². The van der Waals surface area contributed by atoms with Crippen LogP contribution in [0.2, 0.25) is 0 Å². The second-order valence-electron chi connectivity index (χ2n) is 9.88. The maximum absolute atomic E-state index is 12.7. The molecule has 2 N–H and O–H groups in total. The summed E-state index contributed by atoms with van der Waals surface area (Å²) in [4.78, 5) is 25.3. The SMILES string of the molecule is O=C(COc1ccccc1C(=O)NC[C@H]1CCCO1)NC12CC3CC(CC(C3)C1)C2. The summed E-state index contributed by atoms with van der Waals surface area (Å²) in [5.41, 5.74) is 0.436. The zero-order chi connectivity index (χ0) is 20.6. The summed E-state index contributed by atoms with van der Waals surface area (Å²) in [5.74, 6) is 2.53. The fraction of sp³-hybridized carbons (Fsp3) is 0.667. The zero-order valence-electron chi connectivity index (χ0n) is 17.5. The van der Waals surface area contributed by atoms with Gasteiger partial charge in [0.25, 0.3) is 11.8 Å². The van der Waals surface area contributed by atoms with Gasteiger partial charge >= 0.3 is 0 Å². The highest BCUT2D eigenvalue weighted by Gasteiger charge is 2.51. The molecule has 30 heavy (non-hydrogen) atoms. The summed E-state index contributed by atoms with van der Waals surface area (Å²) in [6, 6.07) is 7.11. The van der Waals surface area contributed by atoms with Gasteiger partial charge in [0.15, 0.2) is 6.61 Å². The van der Waals surface area contributed by atoms with Crippen molar-refractivity contribution >= 4 is 11.8 Å². The average Bonchev–Trinajstić information content (AvgIpc) is 3.23. The Kier molecular flexibility index (Phi) is 5.44. The highest BCUT2D eigenvalue weighted by Crippen LogP contribution is 2.55. The molecule has 1 atom stereocenters. The van der Waals surface area contributed by atoms with E-state index < -0.39 is 0 Å². The first-order valence-electron chi connectivity index (χ1n) is 11.5. The number of carbonyl (C=O) groups is 2. The molecular weight excluding hydrogens is 380 g/mol. The molecule has 6 heteroatoms. The van der Waals surface area contributed by atoms with Gasteiger partial charge in [-0.1, -0.05) is 12.1 Å². The van der Waals surface area contributed by atoms with Crippen LogP contribution in [0.5, 0.6) is 5.75 Å². The highest BCUT2D eigenvalue weighted by atomic mass is 16.5. The van der Waals surface area contributed by atoms with Gasteiger partial charge in [0.1, 0.15) is 5.75 Å². The number of rotatable bonds is 7. The van der Waals surface area contributed by atoms with E-state index in [1.54, 1.807) is 12.1 Å². The molecule has 1 heterocycles. The van der Waals surface area contributed by atoms with Crippen LogP contribution in [-0.2, 0) is 9.53 Å². The Bertz CT molecular complexity index is 767. The first kappa shape index (κ1) is 19.9. The molecule has 1 aliphatic heterocycles. The maximum atomic E-state index is 12.7. The normalized spacial score (nSPS) is 34.0. The van der Waals surface area contributed by atoms with Gasteiger partial charge < -0.3 is 20.1 Å². The van der Waals surface area contributed by atoms with Crippen molar-refractivity contribution in [3.8, 4) is 5.75 Å². The lowest BCUT2D eigenvalue weighted by Crippen LogP contribution is -2.60. The van der Waals surface area contributed by atoms with Crippen LogP contribution in [0.1, 0.15) is 61.7 Å². The third-order valence-corrected chi connectivity index (χ3v) is 7.45. The summed E-state index contributed by atoms with van der Waals surface area (Å²) in [6.45, 7) is 1.20. The molecule has 2 amide bonds. The van der Waals surface area contributed by atoms with Crippen molar-refractivity contribution in [1.82, 2.24) is 10.6 Å². The average molecular weight is 413 g/mol. The van der Waals surface area contributed by atoms with Crippen molar-refractivity contribution in [2.45, 2.75) is 63.0 Å². The Labute approximate surface area is 178 Å². The molecule has 4 bridgehead atoms. The Hall–Kier alpha value is -2.08. The van der Waals surface area contributed by atoms with Crippen LogP contribution in [0.25, 0.3) is 0 Å². The number of benzene rings is 1. The molecule has 1 aromatic carbocycles. The number of amides is 2. The standard InChI is InChI=1S/C24H32N2O4/c27-22(26-24-11-16-8-17(12-24)10-18(9-16)13-24)15-30-21-6-2-1-5-20(21)23(28)25-14-19-4-3-7-29-19/h1-2,5-6,16-19H,3-4,7-15H2,(H,25,28)(H,26,27)/t16?,17?,18?,19-,24?/m1/s1. The van der Waals surface area contributed by atoms with E-state index in [9.17, 15) is 9.59 Å². The van der Waals surface area contributed by atoms with E-state index in [0.717, 1.165) is 56.5 Å². The monoisotopic (exact) mass is 412 g/mol. The Morgan fingerprint density at radius 1 is 1.07 bits per heavy atom. The smallest absolute Gasteiger partial charge is 0.258 e. The van der Waals surface area contributed by atoms with Gasteiger partial charge in [-0.05, 0) is 81.3 Å². The van der Waals surface area contributed by atoms with Gasteiger partial charge in [-0.3, -0.25) is 9.59 Å². The number of hydrogen-bond acceptors (Lipinski definition) is 4. The molecular formula is C24H32N2O4. The minimum Gasteiger partial charge on any atom is -0.483 e. The first-order chi connectivity index (χ1) is 14.6. The van der Waals surface area contributed by atoms with Gasteiger partial charge in [0, 0.05) is 18.7 Å². The predicted molar refractivity (Wildman–Crippen MR) is 112 cm³/mol. The summed E-state index contributed by atoms with van der Waals surface area (Å²) in [7, 11) is 0. The van der Waals surface area contributed by atoms with Gasteiger partial charge in [0.2, 0.25) is 0 Å². The lowest BCUT2D eigenvalue weighted by molar-refractivity contribution is -0.128. The summed E-state index contributed by atoms with van der Waals surface area (Å²) >= 11 is 0. The fourth-order valence-corrected chi connectivity index (χ4v) is 6.63. The van der Waals surface area contributed by atoms with Crippen LogP contribution in [0.15, 0.2) is 24.3 Å². The maximum Gasteiger partial charge on any atom is 0.258 e. The van der Waals surface area contributed by atoms with Crippen molar-refractivity contribution < 1.29 is 19.1 Å². The van der Waals surface area contributed by atoms with E-state index in [4.69, 9.17) is 9.47 Å². The van der Waals surface area contributed by atoms with Crippen molar-refractivity contribution in [1.29, 1.82) is 0 Å². The zero-order valence-corrected chi connectivity index (χ0v) is 17.5. The lowest BCUT2D eigenvalue weighted by atomic mass is 9.53. The van der Waals surface area contributed by atoms with Crippen LogP contribution in [0.3, 0.4) is 0 Å². The van der Waals surface area contributed by atoms with Crippen LogP contribution in [0, 0.1) is 17.8 Å². The molecule has 4 aliphatic carbocycles. The minimum atomic E-state index is -0.192. The Balaban J connectivity index is 1.16. The minimum absolute atomic E-state index is 0.0205. The van der Waals surface area contributed by atoms with Crippen molar-refractivity contribution in [2.24, 2.45) is 17.8 Å². The molecule has 4 saturated carbocycles. The molecule has 6 nitrogen and oxygen atoms in total. The second kappa shape index (κ2) is 8.22. The summed E-state index contributed by atoms with van der Waals surface area (Å²) in [6.07, 6.45) is 9.50. The molecule has 6 rings (SSSR count). The Morgan fingerprint density at radius 3 is 2.43 bits per heavy atom. The largest absolute Gasteiger partial charge is 0.483 e. The number of nitrogens with one attached hydrogen (secondary N) is 2. The molecule has 0 aromatic heterocycles. The summed E-state index contributed by atoms with van der Waals surface area (Å²) < 4.78 is 11.4. The quantitative estimate of drug-likeness (QED) is 0.722. The van der Waals surface area contributed by atoms with Crippen LogP contribution < -0.4 is 15.4 Å². The number of hydrogen-bond donors (Lipinski definition) is 2. The molecule has 1 aromatic rings. The second-order valence-corrected chi connectivity index (χ2v) is 9.88. The van der Waals surface area contributed by atoms with Gasteiger partial charge in [-0.25, -0.2) is 0 Å². The predicted octanol–water partition coefficient (Wildman–Crippen LogP) is 3.06. The molecule has 0 unspecified atom stereocenters. The molecule has 5 fully saturated rings. The van der Waals surface area contributed by atoms with E-state index in [0.29, 0.717) is 17.9 Å². The molecule has 0 radical (unpaired) electrons. The summed E-state index contributed by atoms with van der Waals surface area (Å²) in [5, 5.41) is 6.25. The van der Waals surface area contributed by atoms with E-state index in [-0.39, 0.29) is 30.1 Å². The number of ether oxygens (including phenoxy) is 2. The van der Waals surface area contributed by atoms with Gasteiger partial charge in [-0.2, -0.15) is 0 Å². The van der Waals surface area contributed by atoms with Crippen LogP contribution in [-0.4, -0.2) is 43.2 Å². The molecule has 0 spiro atoms. The molecule has 1 saturated heterocycles. The molecule has 5 aliphatic rings.